The van der Waals surface area contributed by atoms with Gasteiger partial charge in [0.05, 0.1) is 30.8 Å². The van der Waals surface area contributed by atoms with Crippen LogP contribution in [-0.4, -0.2) is 47.0 Å². The molecule has 0 bridgehead atoms. The van der Waals surface area contributed by atoms with E-state index in [1.54, 1.807) is 13.8 Å². The smallest absolute Gasteiger partial charge is 0.340 e. The van der Waals surface area contributed by atoms with Gasteiger partial charge in [-0.15, -0.1) is 0 Å². The van der Waals surface area contributed by atoms with E-state index < -0.39 is 12.1 Å². The van der Waals surface area contributed by atoms with Crippen molar-refractivity contribution in [1.82, 2.24) is 10.2 Å². The number of aliphatic hydroxyl groups is 1. The lowest BCUT2D eigenvalue weighted by Gasteiger charge is -2.21. The lowest BCUT2D eigenvalue weighted by molar-refractivity contribution is -0.140. The summed E-state index contributed by atoms with van der Waals surface area (Å²) >= 11 is 0. The van der Waals surface area contributed by atoms with Gasteiger partial charge >= 0.3 is 5.97 Å². The van der Waals surface area contributed by atoms with E-state index in [2.05, 4.69) is 34.5 Å². The molecule has 30 heavy (non-hydrogen) atoms. The average Bonchev–Trinajstić information content (AvgIpc) is 3.67. The molecule has 0 saturated carbocycles. The number of nitrogens with zero attached hydrogens (tertiary/aromatic N) is 1. The van der Waals surface area contributed by atoms with Gasteiger partial charge in [-0.05, 0) is 25.0 Å². The molecule has 7 atom stereocenters. The Kier molecular flexibility index (Phi) is 4.85. The molecule has 2 aromatic carbocycles. The first-order chi connectivity index (χ1) is 14.6. The van der Waals surface area contributed by atoms with Gasteiger partial charge in [0.25, 0.3) is 0 Å². The van der Waals surface area contributed by atoms with Gasteiger partial charge in [0.2, 0.25) is 0 Å². The van der Waals surface area contributed by atoms with E-state index in [1.807, 2.05) is 36.4 Å². The van der Waals surface area contributed by atoms with Crippen molar-refractivity contribution in [3.8, 4) is 0 Å². The van der Waals surface area contributed by atoms with Crippen LogP contribution in [-0.2, 0) is 14.3 Å². The molecular weight excluding hydrogens is 380 g/mol. The van der Waals surface area contributed by atoms with E-state index in [-0.39, 0.29) is 42.6 Å². The molecule has 6 heteroatoms. The van der Waals surface area contributed by atoms with Crippen LogP contribution in [0.25, 0.3) is 0 Å². The van der Waals surface area contributed by atoms with Crippen LogP contribution in [0.3, 0.4) is 0 Å². The van der Waals surface area contributed by atoms with Crippen LogP contribution >= 0.6 is 0 Å². The Morgan fingerprint density at radius 1 is 1.10 bits per heavy atom. The number of hydrogen-bond acceptors (Lipinski definition) is 6. The SMILES string of the molecule is CCOC(=O)C1=C(C)O[C@H]([C@@H]2N[C@@H]2c2ccccc2)N2[C@H](c3ccccc3)[C@@H]2C1O. The molecule has 6 nitrogen and oxygen atoms in total. The van der Waals surface area contributed by atoms with Crippen molar-refractivity contribution in [2.24, 2.45) is 0 Å². The van der Waals surface area contributed by atoms with E-state index in [4.69, 9.17) is 9.47 Å². The molecule has 156 valence electrons. The third-order valence-electron chi connectivity index (χ3n) is 6.21. The second-order valence-corrected chi connectivity index (χ2v) is 8.02. The number of aliphatic hydroxyl groups excluding tert-OH is 1. The van der Waals surface area contributed by atoms with Crippen LogP contribution in [0.15, 0.2) is 72.0 Å². The van der Waals surface area contributed by atoms with Crippen molar-refractivity contribution in [3.63, 3.8) is 0 Å². The fraction of sp³-hybridized carbons (Fsp3) is 0.375. The summed E-state index contributed by atoms with van der Waals surface area (Å²) in [5, 5.41) is 14.7. The van der Waals surface area contributed by atoms with Crippen molar-refractivity contribution in [2.75, 3.05) is 6.61 Å². The summed E-state index contributed by atoms with van der Waals surface area (Å²) in [5.41, 5.74) is 2.54. The first kappa shape index (κ1) is 19.3. The molecular formula is C24H26N2O4. The molecule has 2 aromatic rings. The Labute approximate surface area is 176 Å². The minimum atomic E-state index is -0.965. The van der Waals surface area contributed by atoms with Gasteiger partial charge in [-0.2, -0.15) is 0 Å². The van der Waals surface area contributed by atoms with Crippen LogP contribution in [0.1, 0.15) is 37.1 Å². The standard InChI is InChI=1S/C24H26N2O4/c1-3-29-24(28)17-14(2)30-23(19-18(25-19)15-10-6-4-7-11-15)26-20(21(26)22(17)27)16-12-8-5-9-13-16/h4-13,18-23,25,27H,3H2,1-2H3/t18-,19-,20-,21-,22?,23-,26?/m1/s1. The molecule has 2 saturated heterocycles. The second-order valence-electron chi connectivity index (χ2n) is 8.02. The van der Waals surface area contributed by atoms with Gasteiger partial charge in [-0.25, -0.2) is 4.79 Å². The first-order valence-corrected chi connectivity index (χ1v) is 10.5. The van der Waals surface area contributed by atoms with Crippen LogP contribution in [0, 0.1) is 0 Å². The number of carbonyl (C=O) groups excluding carboxylic acids is 1. The maximum Gasteiger partial charge on any atom is 0.340 e. The van der Waals surface area contributed by atoms with E-state index in [0.717, 1.165) is 5.56 Å². The Morgan fingerprint density at radius 3 is 2.37 bits per heavy atom. The van der Waals surface area contributed by atoms with Gasteiger partial charge < -0.3 is 14.6 Å². The molecule has 0 aliphatic carbocycles. The number of fused-ring (bicyclic) bond motifs is 1. The number of nitrogens with one attached hydrogen (secondary N) is 1. The van der Waals surface area contributed by atoms with Crippen LogP contribution < -0.4 is 5.32 Å². The third kappa shape index (κ3) is 3.21. The summed E-state index contributed by atoms with van der Waals surface area (Å²) in [6.07, 6.45) is -1.25. The number of esters is 1. The largest absolute Gasteiger partial charge is 0.477 e. The zero-order chi connectivity index (χ0) is 20.8. The number of carbonyl (C=O) groups is 1. The summed E-state index contributed by atoms with van der Waals surface area (Å²) in [4.78, 5) is 14.8. The number of allylic oxidation sites excluding steroid dienone is 1. The maximum atomic E-state index is 12.6. The van der Waals surface area contributed by atoms with Gasteiger partial charge in [-0.3, -0.25) is 10.2 Å². The first-order valence-electron chi connectivity index (χ1n) is 10.5. The highest BCUT2D eigenvalue weighted by atomic mass is 16.5. The quantitative estimate of drug-likeness (QED) is 0.587. The average molecular weight is 406 g/mol. The van der Waals surface area contributed by atoms with Crippen LogP contribution in [0.5, 0.6) is 0 Å². The molecule has 0 spiro atoms. The summed E-state index contributed by atoms with van der Waals surface area (Å²) in [6.45, 7) is 3.75. The highest BCUT2D eigenvalue weighted by molar-refractivity contribution is 5.90. The number of rotatable bonds is 5. The fourth-order valence-corrected chi connectivity index (χ4v) is 4.73. The Bertz CT molecular complexity index is 962. The fourth-order valence-electron chi connectivity index (χ4n) is 4.73. The summed E-state index contributed by atoms with van der Waals surface area (Å²) in [5.74, 6) is -0.0735. The molecule has 5 rings (SSSR count). The molecule has 2 unspecified atom stereocenters. The normalized spacial score (nSPS) is 34.4. The third-order valence-corrected chi connectivity index (χ3v) is 6.21. The van der Waals surface area contributed by atoms with Crippen molar-refractivity contribution >= 4 is 5.97 Å². The van der Waals surface area contributed by atoms with Crippen molar-refractivity contribution in [3.05, 3.63) is 83.1 Å². The Morgan fingerprint density at radius 2 is 1.73 bits per heavy atom. The maximum absolute atomic E-state index is 12.6. The zero-order valence-electron chi connectivity index (χ0n) is 17.1. The molecule has 3 aliphatic heterocycles. The monoisotopic (exact) mass is 406 g/mol. The number of benzene rings is 2. The summed E-state index contributed by atoms with van der Waals surface area (Å²) < 4.78 is 11.5. The second kappa shape index (κ2) is 7.54. The van der Waals surface area contributed by atoms with E-state index in [9.17, 15) is 9.90 Å². The van der Waals surface area contributed by atoms with E-state index >= 15 is 0 Å². The van der Waals surface area contributed by atoms with Gasteiger partial charge in [0, 0.05) is 0 Å². The molecule has 2 fully saturated rings. The Balaban J connectivity index is 1.48. The van der Waals surface area contributed by atoms with E-state index in [0.29, 0.717) is 5.76 Å². The van der Waals surface area contributed by atoms with E-state index in [1.165, 1.54) is 5.56 Å². The molecule has 3 heterocycles. The minimum absolute atomic E-state index is 0.0115. The van der Waals surface area contributed by atoms with Crippen molar-refractivity contribution < 1.29 is 19.4 Å². The highest BCUT2D eigenvalue weighted by Crippen LogP contribution is 2.53. The molecule has 3 aliphatic rings. The number of ether oxygens (including phenoxy) is 2. The lowest BCUT2D eigenvalue weighted by Crippen LogP contribution is -2.32. The zero-order valence-corrected chi connectivity index (χ0v) is 17.1. The predicted octanol–water partition coefficient (Wildman–Crippen LogP) is 2.68. The lowest BCUT2D eigenvalue weighted by atomic mass is 10.0. The van der Waals surface area contributed by atoms with Crippen LogP contribution in [0.2, 0.25) is 0 Å². The molecule has 2 N–H and O–H groups in total. The van der Waals surface area contributed by atoms with Gasteiger partial charge in [0.15, 0.2) is 6.23 Å². The Hall–Kier alpha value is -2.67. The van der Waals surface area contributed by atoms with Crippen molar-refractivity contribution in [1.29, 1.82) is 0 Å². The van der Waals surface area contributed by atoms with Gasteiger partial charge in [0.1, 0.15) is 17.4 Å². The summed E-state index contributed by atoms with van der Waals surface area (Å²) in [7, 11) is 0. The minimum Gasteiger partial charge on any atom is -0.477 e. The molecule has 0 amide bonds. The summed E-state index contributed by atoms with van der Waals surface area (Å²) in [6, 6.07) is 20.4. The highest BCUT2D eigenvalue weighted by Gasteiger charge is 2.64. The molecule has 0 radical (unpaired) electrons. The molecule has 0 aromatic heterocycles. The van der Waals surface area contributed by atoms with Crippen LogP contribution in [0.4, 0.5) is 0 Å². The van der Waals surface area contributed by atoms with Crippen molar-refractivity contribution in [2.45, 2.75) is 50.3 Å². The number of hydrogen-bond donors (Lipinski definition) is 2. The predicted molar refractivity (Wildman–Crippen MR) is 111 cm³/mol. The topological polar surface area (TPSA) is 80.7 Å². The van der Waals surface area contributed by atoms with Gasteiger partial charge in [-0.1, -0.05) is 60.7 Å².